The monoisotopic (exact) mass is 536 g/mol. The first-order valence-electron chi connectivity index (χ1n) is 15.2. The average molecular weight is 537 g/mol. The van der Waals surface area contributed by atoms with Gasteiger partial charge in [0.1, 0.15) is 0 Å². The maximum atomic E-state index is 2.54. The van der Waals surface area contributed by atoms with Crippen molar-refractivity contribution < 1.29 is 0 Å². The fraction of sp³-hybridized carbons (Fsp3) is 0.317. The highest BCUT2D eigenvalue weighted by atomic mass is 14.5. The smallest absolute Gasteiger partial charge is 0.0409 e. The van der Waals surface area contributed by atoms with E-state index in [0.29, 0.717) is 0 Å². The van der Waals surface area contributed by atoms with Crippen LogP contribution in [0.3, 0.4) is 0 Å². The van der Waals surface area contributed by atoms with Crippen molar-refractivity contribution in [3.05, 3.63) is 154 Å². The van der Waals surface area contributed by atoms with Crippen molar-refractivity contribution in [3.63, 3.8) is 0 Å². The van der Waals surface area contributed by atoms with Gasteiger partial charge >= 0.3 is 0 Å². The minimum absolute atomic E-state index is 0.0634. The lowest BCUT2D eigenvalue weighted by molar-refractivity contribution is 0.394. The van der Waals surface area contributed by atoms with Crippen LogP contribution in [0, 0.1) is 19.8 Å². The van der Waals surface area contributed by atoms with E-state index in [4.69, 9.17) is 0 Å². The van der Waals surface area contributed by atoms with Crippen LogP contribution in [0.15, 0.2) is 109 Å². The normalized spacial score (nSPS) is 16.6. The van der Waals surface area contributed by atoms with Gasteiger partial charge in [-0.3, -0.25) is 0 Å². The third kappa shape index (κ3) is 4.53. The van der Waals surface area contributed by atoms with Crippen LogP contribution in [-0.2, 0) is 16.2 Å². The van der Waals surface area contributed by atoms with Crippen LogP contribution >= 0.6 is 0 Å². The second-order valence-corrected chi connectivity index (χ2v) is 14.4. The molecule has 0 heteroatoms. The Bertz CT molecular complexity index is 1590. The molecule has 41 heavy (non-hydrogen) atoms. The van der Waals surface area contributed by atoms with E-state index in [1.807, 2.05) is 0 Å². The Hall–Kier alpha value is -3.64. The molecule has 0 N–H and O–H groups in total. The molecule has 0 aliphatic heterocycles. The first kappa shape index (κ1) is 27.5. The Balaban J connectivity index is 1.78. The number of allylic oxidation sites excluding steroid dienone is 4. The van der Waals surface area contributed by atoms with Gasteiger partial charge in [0.05, 0.1) is 0 Å². The summed E-state index contributed by atoms with van der Waals surface area (Å²) < 4.78 is 0. The molecule has 0 saturated carbocycles. The Morgan fingerprint density at radius 1 is 0.488 bits per heavy atom. The SMILES string of the molecule is Cc1ccc(C(c2cccc(C)c2)(C2C=CC=C2)C2c3cc(C(C)(C)C)ccc3-c3ccc(C(C)(C)C)cc32)cc1. The van der Waals surface area contributed by atoms with Gasteiger partial charge < -0.3 is 0 Å². The molecule has 4 aromatic carbocycles. The van der Waals surface area contributed by atoms with Crippen LogP contribution in [0.25, 0.3) is 11.1 Å². The lowest BCUT2D eigenvalue weighted by Gasteiger charge is -2.45. The van der Waals surface area contributed by atoms with E-state index >= 15 is 0 Å². The predicted octanol–water partition coefficient (Wildman–Crippen LogP) is 10.7. The van der Waals surface area contributed by atoms with Crippen molar-refractivity contribution in [2.45, 2.75) is 77.6 Å². The molecule has 0 heterocycles. The molecule has 1 unspecified atom stereocenters. The molecule has 0 fully saturated rings. The van der Waals surface area contributed by atoms with Crippen molar-refractivity contribution in [3.8, 4) is 11.1 Å². The second kappa shape index (κ2) is 9.73. The van der Waals surface area contributed by atoms with Crippen molar-refractivity contribution in [2.75, 3.05) is 0 Å². The molecule has 0 amide bonds. The zero-order valence-corrected chi connectivity index (χ0v) is 26.0. The van der Waals surface area contributed by atoms with Gasteiger partial charge in [-0.1, -0.05) is 162 Å². The predicted molar refractivity (Wildman–Crippen MR) is 176 cm³/mol. The quantitative estimate of drug-likeness (QED) is 0.243. The van der Waals surface area contributed by atoms with E-state index in [1.165, 1.54) is 55.6 Å². The minimum Gasteiger partial charge on any atom is -0.0764 e. The van der Waals surface area contributed by atoms with Crippen LogP contribution in [-0.4, -0.2) is 0 Å². The molecule has 208 valence electrons. The molecule has 0 aromatic heterocycles. The third-order valence-corrected chi connectivity index (χ3v) is 9.50. The maximum absolute atomic E-state index is 2.54. The van der Waals surface area contributed by atoms with E-state index in [1.54, 1.807) is 0 Å². The fourth-order valence-corrected chi connectivity index (χ4v) is 7.23. The Morgan fingerprint density at radius 2 is 1.00 bits per heavy atom. The van der Waals surface area contributed by atoms with Crippen LogP contribution in [0.5, 0.6) is 0 Å². The Labute approximate surface area is 247 Å². The van der Waals surface area contributed by atoms with E-state index in [2.05, 4.69) is 165 Å². The third-order valence-electron chi connectivity index (χ3n) is 9.50. The molecule has 0 spiro atoms. The topological polar surface area (TPSA) is 0 Å². The van der Waals surface area contributed by atoms with Crippen LogP contribution < -0.4 is 0 Å². The molecule has 2 aliphatic carbocycles. The summed E-state index contributed by atoms with van der Waals surface area (Å²) in [4.78, 5) is 0. The van der Waals surface area contributed by atoms with Crippen molar-refractivity contribution in [1.82, 2.24) is 0 Å². The summed E-state index contributed by atoms with van der Waals surface area (Å²) in [5.74, 6) is 0.367. The Kier molecular flexibility index (Phi) is 6.53. The van der Waals surface area contributed by atoms with Crippen LogP contribution in [0.4, 0.5) is 0 Å². The molecule has 1 atom stereocenters. The first-order valence-corrected chi connectivity index (χ1v) is 15.2. The van der Waals surface area contributed by atoms with Crippen molar-refractivity contribution in [2.24, 2.45) is 5.92 Å². The van der Waals surface area contributed by atoms with Gasteiger partial charge in [0.25, 0.3) is 0 Å². The molecular formula is C41H44. The minimum atomic E-state index is -0.323. The number of rotatable bonds is 4. The van der Waals surface area contributed by atoms with Crippen LogP contribution in [0.1, 0.15) is 92.0 Å². The summed E-state index contributed by atoms with van der Waals surface area (Å²) >= 11 is 0. The Morgan fingerprint density at radius 3 is 1.49 bits per heavy atom. The molecule has 0 nitrogen and oxygen atoms in total. The standard InChI is InChI=1S/C41H44/c1-27-16-18-30(19-17-27)41(29-13-9-10-14-29,33-15-11-12-28(2)24-33)38-36-25-31(39(3,4)5)20-22-34(36)35-23-21-32(26-37(35)38)40(6,7)8/h9-26,29,38H,1-8H3. The number of aryl methyl sites for hydroxylation is 2. The molecule has 0 radical (unpaired) electrons. The molecule has 6 rings (SSSR count). The van der Waals surface area contributed by atoms with Gasteiger partial charge in [-0.25, -0.2) is 0 Å². The lowest BCUT2D eigenvalue weighted by Crippen LogP contribution is -2.41. The number of fused-ring (bicyclic) bond motifs is 3. The summed E-state index contributed by atoms with van der Waals surface area (Å²) in [6.07, 6.45) is 9.36. The number of hydrogen-bond donors (Lipinski definition) is 0. The first-order chi connectivity index (χ1) is 19.4. The zero-order valence-electron chi connectivity index (χ0n) is 26.0. The molecular weight excluding hydrogens is 492 g/mol. The largest absolute Gasteiger partial charge is 0.0764 e. The van der Waals surface area contributed by atoms with Gasteiger partial charge in [-0.05, 0) is 69.2 Å². The summed E-state index contributed by atoms with van der Waals surface area (Å²) in [6, 6.07) is 33.3. The van der Waals surface area contributed by atoms with Gasteiger partial charge in [0.2, 0.25) is 0 Å². The van der Waals surface area contributed by atoms with Crippen LogP contribution in [0.2, 0.25) is 0 Å². The highest BCUT2D eigenvalue weighted by molar-refractivity contribution is 5.82. The van der Waals surface area contributed by atoms with E-state index in [0.717, 1.165) is 0 Å². The van der Waals surface area contributed by atoms with Gasteiger partial charge in [0, 0.05) is 17.3 Å². The van der Waals surface area contributed by atoms with Crippen molar-refractivity contribution in [1.29, 1.82) is 0 Å². The average Bonchev–Trinajstić information content (AvgIpc) is 3.56. The summed E-state index contributed by atoms with van der Waals surface area (Å²) in [5.41, 5.74) is 13.6. The second-order valence-electron chi connectivity index (χ2n) is 14.4. The van der Waals surface area contributed by atoms with Gasteiger partial charge in [-0.2, -0.15) is 0 Å². The summed E-state index contributed by atoms with van der Waals surface area (Å²) in [5, 5.41) is 0. The van der Waals surface area contributed by atoms with E-state index in [9.17, 15) is 0 Å². The number of hydrogen-bond acceptors (Lipinski definition) is 0. The van der Waals surface area contributed by atoms with E-state index < -0.39 is 0 Å². The fourth-order valence-electron chi connectivity index (χ4n) is 7.23. The number of benzene rings is 4. The van der Waals surface area contributed by atoms with Gasteiger partial charge in [-0.15, -0.1) is 0 Å². The molecule has 0 saturated heterocycles. The zero-order chi connectivity index (χ0) is 29.2. The van der Waals surface area contributed by atoms with Crippen molar-refractivity contribution >= 4 is 0 Å². The molecule has 2 aliphatic rings. The highest BCUT2D eigenvalue weighted by Crippen LogP contribution is 2.61. The lowest BCUT2D eigenvalue weighted by atomic mass is 9.56. The summed E-state index contributed by atoms with van der Waals surface area (Å²) in [6.45, 7) is 18.4. The highest BCUT2D eigenvalue weighted by Gasteiger charge is 2.52. The molecule has 4 aromatic rings. The van der Waals surface area contributed by atoms with Gasteiger partial charge in [0.15, 0.2) is 0 Å². The maximum Gasteiger partial charge on any atom is 0.0409 e. The summed E-state index contributed by atoms with van der Waals surface area (Å²) in [7, 11) is 0. The molecule has 0 bridgehead atoms. The van der Waals surface area contributed by atoms with E-state index in [-0.39, 0.29) is 28.1 Å².